The summed E-state index contributed by atoms with van der Waals surface area (Å²) in [6.45, 7) is 4.67. The number of carbonyl (C=O) groups excluding carboxylic acids is 1. The summed E-state index contributed by atoms with van der Waals surface area (Å²) in [6, 6.07) is 8.10. The summed E-state index contributed by atoms with van der Waals surface area (Å²) < 4.78 is 24.0. The number of benzene rings is 1. The maximum absolute atomic E-state index is 12.1. The van der Waals surface area contributed by atoms with Gasteiger partial charge in [0, 0.05) is 18.2 Å². The zero-order valence-electron chi connectivity index (χ0n) is 14.6. The fourth-order valence-corrected chi connectivity index (χ4v) is 7.17. The van der Waals surface area contributed by atoms with Gasteiger partial charge in [-0.05, 0) is 18.9 Å². The van der Waals surface area contributed by atoms with Crippen LogP contribution in [-0.2, 0) is 21.2 Å². The van der Waals surface area contributed by atoms with Crippen molar-refractivity contribution < 1.29 is 13.2 Å². The number of hydrogen-bond acceptors (Lipinski definition) is 4. The van der Waals surface area contributed by atoms with Crippen LogP contribution < -0.4 is 0 Å². The molecule has 25 heavy (non-hydrogen) atoms. The monoisotopic (exact) mass is 380 g/mol. The number of thioether (sulfide) groups is 1. The van der Waals surface area contributed by atoms with Gasteiger partial charge in [-0.2, -0.15) is 4.99 Å². The van der Waals surface area contributed by atoms with E-state index < -0.39 is 9.84 Å². The van der Waals surface area contributed by atoms with Crippen molar-refractivity contribution in [1.29, 1.82) is 0 Å². The minimum absolute atomic E-state index is 0.0202. The summed E-state index contributed by atoms with van der Waals surface area (Å²) in [5.41, 5.74) is 2.29. The highest BCUT2D eigenvalue weighted by Gasteiger charge is 2.48. The van der Waals surface area contributed by atoms with Crippen LogP contribution in [0.2, 0.25) is 0 Å². The quantitative estimate of drug-likeness (QED) is 0.786. The molecule has 0 unspecified atom stereocenters. The standard InChI is InChI=1S/C18H24N2O3S2/c1-3-4-5-17(21)19-18-20(10-14-8-6-13(2)7-9-14)15-11-25(22,23)12-16(15)24-18/h6-9,15-16H,3-5,10-12H2,1-2H3/t15-,16+/m1/s1. The summed E-state index contributed by atoms with van der Waals surface area (Å²) in [5.74, 6) is 0.217. The number of hydrogen-bond donors (Lipinski definition) is 0. The largest absolute Gasteiger partial charge is 0.342 e. The highest BCUT2D eigenvalue weighted by Crippen LogP contribution is 2.39. The average molecular weight is 381 g/mol. The lowest BCUT2D eigenvalue weighted by atomic mass is 10.1. The van der Waals surface area contributed by atoms with E-state index in [-0.39, 0.29) is 28.7 Å². The van der Waals surface area contributed by atoms with E-state index in [1.165, 1.54) is 17.3 Å². The highest BCUT2D eigenvalue weighted by atomic mass is 32.2. The van der Waals surface area contributed by atoms with E-state index in [1.807, 2.05) is 43.0 Å². The smallest absolute Gasteiger partial charge is 0.248 e. The number of aliphatic imine (C=N–C) groups is 1. The third-order valence-corrected chi connectivity index (χ3v) is 7.86. The van der Waals surface area contributed by atoms with Gasteiger partial charge in [0.05, 0.1) is 17.5 Å². The highest BCUT2D eigenvalue weighted by molar-refractivity contribution is 8.15. The fraction of sp³-hybridized carbons (Fsp3) is 0.556. The van der Waals surface area contributed by atoms with Crippen LogP contribution in [0.25, 0.3) is 0 Å². The second-order valence-electron chi connectivity index (χ2n) is 6.81. The third kappa shape index (κ3) is 4.44. The van der Waals surface area contributed by atoms with Gasteiger partial charge >= 0.3 is 0 Å². The summed E-state index contributed by atoms with van der Waals surface area (Å²) >= 11 is 1.45. The van der Waals surface area contributed by atoms with Crippen LogP contribution in [0.1, 0.15) is 37.3 Å². The topological polar surface area (TPSA) is 66.8 Å². The molecule has 2 heterocycles. The van der Waals surface area contributed by atoms with Crippen LogP contribution in [-0.4, -0.2) is 47.2 Å². The summed E-state index contributed by atoms with van der Waals surface area (Å²) in [4.78, 5) is 18.4. The molecule has 1 aromatic carbocycles. The number of sulfone groups is 1. The minimum atomic E-state index is -3.01. The van der Waals surface area contributed by atoms with Gasteiger partial charge in [-0.25, -0.2) is 8.42 Å². The maximum atomic E-state index is 12.1. The van der Waals surface area contributed by atoms with E-state index in [9.17, 15) is 13.2 Å². The van der Waals surface area contributed by atoms with Crippen LogP contribution in [0.3, 0.4) is 0 Å². The molecule has 5 nitrogen and oxygen atoms in total. The molecule has 2 saturated heterocycles. The molecule has 2 fully saturated rings. The average Bonchev–Trinajstić information content (AvgIpc) is 3.00. The summed E-state index contributed by atoms with van der Waals surface area (Å²) in [6.07, 6.45) is 2.24. The summed E-state index contributed by atoms with van der Waals surface area (Å²) in [5, 5.41) is 0.666. The van der Waals surface area contributed by atoms with Gasteiger partial charge < -0.3 is 4.90 Å². The molecule has 1 amide bonds. The number of fused-ring (bicyclic) bond motifs is 1. The maximum Gasteiger partial charge on any atom is 0.248 e. The predicted octanol–water partition coefficient (Wildman–Crippen LogP) is 2.78. The molecule has 0 aromatic heterocycles. The Kier molecular flexibility index (Phi) is 5.53. The van der Waals surface area contributed by atoms with Crippen LogP contribution in [0.5, 0.6) is 0 Å². The fourth-order valence-electron chi connectivity index (χ4n) is 3.20. The molecule has 0 spiro atoms. The number of amidine groups is 1. The van der Waals surface area contributed by atoms with Crippen molar-refractivity contribution in [3.05, 3.63) is 35.4 Å². The van der Waals surface area contributed by atoms with Crippen LogP contribution in [0.15, 0.2) is 29.3 Å². The van der Waals surface area contributed by atoms with Crippen molar-refractivity contribution in [3.63, 3.8) is 0 Å². The second-order valence-corrected chi connectivity index (χ2v) is 10.2. The molecule has 0 aliphatic carbocycles. The van der Waals surface area contributed by atoms with E-state index in [0.29, 0.717) is 18.1 Å². The molecule has 0 saturated carbocycles. The number of amides is 1. The van der Waals surface area contributed by atoms with Crippen molar-refractivity contribution in [1.82, 2.24) is 4.90 Å². The lowest BCUT2D eigenvalue weighted by molar-refractivity contribution is -0.117. The number of nitrogens with zero attached hydrogens (tertiary/aromatic N) is 2. The third-order valence-electron chi connectivity index (χ3n) is 4.61. The van der Waals surface area contributed by atoms with Crippen LogP contribution >= 0.6 is 11.8 Å². The van der Waals surface area contributed by atoms with Crippen LogP contribution in [0, 0.1) is 6.92 Å². The van der Waals surface area contributed by atoms with Crippen LogP contribution in [0.4, 0.5) is 0 Å². The van der Waals surface area contributed by atoms with Gasteiger partial charge in [-0.1, -0.05) is 54.9 Å². The Morgan fingerprint density at radius 1 is 1.28 bits per heavy atom. The van der Waals surface area contributed by atoms with Crippen molar-refractivity contribution in [2.24, 2.45) is 4.99 Å². The van der Waals surface area contributed by atoms with Crippen molar-refractivity contribution in [2.45, 2.75) is 50.9 Å². The SMILES string of the molecule is CCCCC(=O)N=C1S[C@H]2CS(=O)(=O)C[C@H]2N1Cc1ccc(C)cc1. The lowest BCUT2D eigenvalue weighted by Crippen LogP contribution is -2.37. The van der Waals surface area contributed by atoms with Crippen molar-refractivity contribution in [3.8, 4) is 0 Å². The zero-order chi connectivity index (χ0) is 18.0. The Morgan fingerprint density at radius 3 is 2.68 bits per heavy atom. The molecule has 2 aliphatic heterocycles. The lowest BCUT2D eigenvalue weighted by Gasteiger charge is -2.24. The van der Waals surface area contributed by atoms with Gasteiger partial charge in [0.15, 0.2) is 15.0 Å². The Labute approximate surface area is 153 Å². The van der Waals surface area contributed by atoms with E-state index in [4.69, 9.17) is 0 Å². The first kappa shape index (κ1) is 18.5. The molecule has 136 valence electrons. The first-order valence-electron chi connectivity index (χ1n) is 8.69. The van der Waals surface area contributed by atoms with E-state index in [2.05, 4.69) is 4.99 Å². The Hall–Kier alpha value is -1.34. The number of aryl methyl sites for hydroxylation is 1. The summed E-state index contributed by atoms with van der Waals surface area (Å²) in [7, 11) is -3.01. The van der Waals surface area contributed by atoms with Crippen molar-refractivity contribution in [2.75, 3.05) is 11.5 Å². The number of carbonyl (C=O) groups is 1. The first-order valence-corrected chi connectivity index (χ1v) is 11.4. The van der Waals surface area contributed by atoms with Gasteiger partial charge in [0.2, 0.25) is 5.91 Å². The molecule has 7 heteroatoms. The van der Waals surface area contributed by atoms with Gasteiger partial charge in [0.25, 0.3) is 0 Å². The van der Waals surface area contributed by atoms with Crippen molar-refractivity contribution >= 4 is 32.7 Å². The Morgan fingerprint density at radius 2 is 2.00 bits per heavy atom. The second kappa shape index (κ2) is 7.50. The molecule has 2 aliphatic rings. The minimum Gasteiger partial charge on any atom is -0.342 e. The Balaban J connectivity index is 1.83. The number of unbranched alkanes of at least 4 members (excludes halogenated alkanes) is 1. The molecular weight excluding hydrogens is 356 g/mol. The molecule has 3 rings (SSSR count). The molecule has 0 N–H and O–H groups in total. The Bertz CT molecular complexity index is 772. The van der Waals surface area contributed by atoms with E-state index >= 15 is 0 Å². The molecule has 2 atom stereocenters. The first-order chi connectivity index (χ1) is 11.9. The molecule has 0 bridgehead atoms. The van der Waals surface area contributed by atoms with Gasteiger partial charge in [-0.3, -0.25) is 4.79 Å². The zero-order valence-corrected chi connectivity index (χ0v) is 16.3. The van der Waals surface area contributed by atoms with E-state index in [0.717, 1.165) is 18.4 Å². The molecular formula is C18H24N2O3S2. The van der Waals surface area contributed by atoms with Gasteiger partial charge in [-0.15, -0.1) is 0 Å². The predicted molar refractivity (Wildman–Crippen MR) is 103 cm³/mol. The normalized spacial score (nSPS) is 26.2. The number of rotatable bonds is 5. The van der Waals surface area contributed by atoms with Gasteiger partial charge in [0.1, 0.15) is 0 Å². The molecule has 1 aromatic rings. The van der Waals surface area contributed by atoms with E-state index in [1.54, 1.807) is 0 Å². The molecule has 0 radical (unpaired) electrons.